The number of likely N-dealkylation sites (tertiary alicyclic amines) is 1. The molecular weight excluding hydrogens is 244 g/mol. The van der Waals surface area contributed by atoms with Gasteiger partial charge in [0.05, 0.1) is 0 Å². The molecule has 0 aromatic heterocycles. The smallest absolute Gasteiger partial charge is 0.00503 e. The van der Waals surface area contributed by atoms with Crippen molar-refractivity contribution in [2.45, 2.75) is 72.3 Å². The van der Waals surface area contributed by atoms with Crippen LogP contribution in [0.25, 0.3) is 0 Å². The van der Waals surface area contributed by atoms with E-state index in [1.54, 1.807) is 0 Å². The minimum atomic E-state index is 0.555. The first-order valence-corrected chi connectivity index (χ1v) is 8.99. The van der Waals surface area contributed by atoms with Crippen LogP contribution in [-0.2, 0) is 0 Å². The van der Waals surface area contributed by atoms with Crippen molar-refractivity contribution >= 4 is 0 Å². The monoisotopic (exact) mass is 280 g/mol. The average molecular weight is 281 g/mol. The van der Waals surface area contributed by atoms with Gasteiger partial charge in [0.15, 0.2) is 0 Å². The highest BCUT2D eigenvalue weighted by molar-refractivity contribution is 4.91. The highest BCUT2D eigenvalue weighted by Crippen LogP contribution is 2.40. The Morgan fingerprint density at radius 1 is 1.20 bits per heavy atom. The van der Waals surface area contributed by atoms with Crippen LogP contribution in [-0.4, -0.2) is 37.1 Å². The van der Waals surface area contributed by atoms with E-state index < -0.39 is 0 Å². The molecule has 2 aliphatic rings. The maximum absolute atomic E-state index is 3.74. The molecule has 118 valence electrons. The Kier molecular flexibility index (Phi) is 5.92. The lowest BCUT2D eigenvalue weighted by Gasteiger charge is -2.42. The SMILES string of the molecule is CCC1CCN(CC2(CNC(C)C)CCC(C)CC2)C1. The van der Waals surface area contributed by atoms with E-state index in [2.05, 4.69) is 37.9 Å². The van der Waals surface area contributed by atoms with Crippen molar-refractivity contribution in [3.63, 3.8) is 0 Å². The van der Waals surface area contributed by atoms with Crippen molar-refractivity contribution in [2.75, 3.05) is 26.2 Å². The van der Waals surface area contributed by atoms with Crippen LogP contribution in [0.3, 0.4) is 0 Å². The molecular formula is C18H36N2. The Hall–Kier alpha value is -0.0800. The van der Waals surface area contributed by atoms with Gasteiger partial charge < -0.3 is 10.2 Å². The molecule has 1 heterocycles. The molecule has 2 nitrogen and oxygen atoms in total. The topological polar surface area (TPSA) is 15.3 Å². The third-order valence-electron chi connectivity index (χ3n) is 5.73. The van der Waals surface area contributed by atoms with Gasteiger partial charge in [-0.15, -0.1) is 0 Å². The van der Waals surface area contributed by atoms with E-state index in [1.165, 1.54) is 64.7 Å². The largest absolute Gasteiger partial charge is 0.314 e. The van der Waals surface area contributed by atoms with Crippen LogP contribution in [0.5, 0.6) is 0 Å². The molecule has 0 bridgehead atoms. The number of rotatable bonds is 6. The molecule has 1 unspecified atom stereocenters. The van der Waals surface area contributed by atoms with E-state index in [1.807, 2.05) is 0 Å². The van der Waals surface area contributed by atoms with Gasteiger partial charge in [-0.3, -0.25) is 0 Å². The number of hydrogen-bond acceptors (Lipinski definition) is 2. The van der Waals surface area contributed by atoms with Gasteiger partial charge in [-0.1, -0.05) is 47.0 Å². The van der Waals surface area contributed by atoms with Gasteiger partial charge in [0.1, 0.15) is 0 Å². The van der Waals surface area contributed by atoms with E-state index in [9.17, 15) is 0 Å². The van der Waals surface area contributed by atoms with Crippen LogP contribution < -0.4 is 5.32 Å². The molecule has 20 heavy (non-hydrogen) atoms. The maximum atomic E-state index is 3.74. The molecule has 0 aromatic carbocycles. The highest BCUT2D eigenvalue weighted by Gasteiger charge is 2.37. The Labute approximate surface area is 126 Å². The second-order valence-corrected chi connectivity index (χ2v) is 8.02. The van der Waals surface area contributed by atoms with Crippen LogP contribution in [0.4, 0.5) is 0 Å². The molecule has 0 radical (unpaired) electrons. The lowest BCUT2D eigenvalue weighted by molar-refractivity contribution is 0.0940. The van der Waals surface area contributed by atoms with Crippen molar-refractivity contribution in [1.29, 1.82) is 0 Å². The van der Waals surface area contributed by atoms with Gasteiger partial charge >= 0.3 is 0 Å². The van der Waals surface area contributed by atoms with Crippen molar-refractivity contribution < 1.29 is 0 Å². The number of nitrogens with zero attached hydrogens (tertiary/aromatic N) is 1. The standard InChI is InChI=1S/C18H36N2/c1-5-17-8-11-20(12-17)14-18(13-19-15(2)3)9-6-16(4)7-10-18/h15-17,19H,5-14H2,1-4H3. The second-order valence-electron chi connectivity index (χ2n) is 8.02. The van der Waals surface area contributed by atoms with Gasteiger partial charge in [0, 0.05) is 25.7 Å². The van der Waals surface area contributed by atoms with Crippen molar-refractivity contribution in [2.24, 2.45) is 17.3 Å². The molecule has 2 fully saturated rings. The Morgan fingerprint density at radius 2 is 1.90 bits per heavy atom. The minimum Gasteiger partial charge on any atom is -0.314 e. The van der Waals surface area contributed by atoms with E-state index in [-0.39, 0.29) is 0 Å². The van der Waals surface area contributed by atoms with Gasteiger partial charge in [0.25, 0.3) is 0 Å². The van der Waals surface area contributed by atoms with Gasteiger partial charge in [-0.2, -0.15) is 0 Å². The Balaban J connectivity index is 1.92. The van der Waals surface area contributed by atoms with Crippen molar-refractivity contribution in [3.05, 3.63) is 0 Å². The Morgan fingerprint density at radius 3 is 2.45 bits per heavy atom. The quantitative estimate of drug-likeness (QED) is 0.793. The van der Waals surface area contributed by atoms with E-state index >= 15 is 0 Å². The summed E-state index contributed by atoms with van der Waals surface area (Å²) >= 11 is 0. The molecule has 1 aliphatic carbocycles. The first-order chi connectivity index (χ1) is 9.53. The first kappa shape index (κ1) is 16.3. The van der Waals surface area contributed by atoms with E-state index in [4.69, 9.17) is 0 Å². The number of nitrogens with one attached hydrogen (secondary N) is 1. The molecule has 2 rings (SSSR count). The van der Waals surface area contributed by atoms with Crippen LogP contribution >= 0.6 is 0 Å². The molecule has 1 saturated carbocycles. The van der Waals surface area contributed by atoms with Gasteiger partial charge in [-0.05, 0) is 43.1 Å². The predicted molar refractivity (Wildman–Crippen MR) is 88.0 cm³/mol. The zero-order chi connectivity index (χ0) is 14.6. The molecule has 0 spiro atoms. The van der Waals surface area contributed by atoms with E-state index in [0.717, 1.165) is 11.8 Å². The summed E-state index contributed by atoms with van der Waals surface area (Å²) in [6.07, 6.45) is 8.53. The summed E-state index contributed by atoms with van der Waals surface area (Å²) in [7, 11) is 0. The van der Waals surface area contributed by atoms with Crippen molar-refractivity contribution in [3.8, 4) is 0 Å². The summed E-state index contributed by atoms with van der Waals surface area (Å²) in [6, 6.07) is 0.619. The third kappa shape index (κ3) is 4.46. The summed E-state index contributed by atoms with van der Waals surface area (Å²) in [5.74, 6) is 1.91. The van der Waals surface area contributed by atoms with Crippen LogP contribution in [0.2, 0.25) is 0 Å². The van der Waals surface area contributed by atoms with Gasteiger partial charge in [-0.25, -0.2) is 0 Å². The first-order valence-electron chi connectivity index (χ1n) is 8.99. The number of hydrogen-bond donors (Lipinski definition) is 1. The molecule has 1 atom stereocenters. The molecule has 0 amide bonds. The Bertz CT molecular complexity index is 279. The van der Waals surface area contributed by atoms with Gasteiger partial charge in [0.2, 0.25) is 0 Å². The molecule has 1 saturated heterocycles. The highest BCUT2D eigenvalue weighted by atomic mass is 15.2. The average Bonchev–Trinajstić information content (AvgIpc) is 2.87. The molecule has 1 aliphatic heterocycles. The molecule has 2 heteroatoms. The van der Waals surface area contributed by atoms with E-state index in [0.29, 0.717) is 11.5 Å². The van der Waals surface area contributed by atoms with Crippen LogP contribution in [0.1, 0.15) is 66.2 Å². The summed E-state index contributed by atoms with van der Waals surface area (Å²) in [6.45, 7) is 14.6. The maximum Gasteiger partial charge on any atom is 0.00503 e. The molecule has 1 N–H and O–H groups in total. The minimum absolute atomic E-state index is 0.555. The summed E-state index contributed by atoms with van der Waals surface area (Å²) in [5.41, 5.74) is 0.555. The molecule has 0 aromatic rings. The lowest BCUT2D eigenvalue weighted by atomic mass is 9.70. The van der Waals surface area contributed by atoms with Crippen LogP contribution in [0, 0.1) is 17.3 Å². The third-order valence-corrected chi connectivity index (χ3v) is 5.73. The lowest BCUT2D eigenvalue weighted by Crippen LogP contribution is -2.47. The zero-order valence-electron chi connectivity index (χ0n) is 14.3. The van der Waals surface area contributed by atoms with Crippen LogP contribution in [0.15, 0.2) is 0 Å². The van der Waals surface area contributed by atoms with Crippen molar-refractivity contribution in [1.82, 2.24) is 10.2 Å². The fourth-order valence-electron chi connectivity index (χ4n) is 4.05. The predicted octanol–water partition coefficient (Wildman–Crippen LogP) is 3.91. The fourth-order valence-corrected chi connectivity index (χ4v) is 4.05. The summed E-state index contributed by atoms with van der Waals surface area (Å²) in [4.78, 5) is 2.77. The normalized spacial score (nSPS) is 35.9. The second kappa shape index (κ2) is 7.26. The zero-order valence-corrected chi connectivity index (χ0v) is 14.3. The fraction of sp³-hybridized carbons (Fsp3) is 1.00. The summed E-state index contributed by atoms with van der Waals surface area (Å²) < 4.78 is 0. The summed E-state index contributed by atoms with van der Waals surface area (Å²) in [5, 5.41) is 3.74.